The van der Waals surface area contributed by atoms with Gasteiger partial charge in [0.05, 0.1) is 12.7 Å². The lowest BCUT2D eigenvalue weighted by molar-refractivity contribution is 0.0600. The number of amides is 1. The first-order chi connectivity index (χ1) is 12.6. The van der Waals surface area contributed by atoms with Gasteiger partial charge in [-0.15, -0.1) is 20.4 Å². The molecule has 0 saturated heterocycles. The molecule has 1 amide bonds. The number of aromatic nitrogens is 4. The molecular weight excluding hydrogens is 336 g/mol. The topological polar surface area (TPSA) is 133 Å². The largest absolute Gasteiger partial charge is 0.465 e. The number of hydrogen-bond acceptors (Lipinski definition) is 8. The number of nitrogen functional groups attached to an aromatic ring is 1. The van der Waals surface area contributed by atoms with E-state index in [0.717, 1.165) is 0 Å². The molecule has 0 fully saturated rings. The molecule has 3 N–H and O–H groups in total. The molecule has 0 aliphatic rings. The van der Waals surface area contributed by atoms with Gasteiger partial charge in [0.25, 0.3) is 5.91 Å². The van der Waals surface area contributed by atoms with Crippen LogP contribution in [0.5, 0.6) is 0 Å². The van der Waals surface area contributed by atoms with Crippen LogP contribution in [-0.4, -0.2) is 39.4 Å². The number of esters is 1. The summed E-state index contributed by atoms with van der Waals surface area (Å²) in [6.45, 7) is 0. The van der Waals surface area contributed by atoms with Gasteiger partial charge in [-0.25, -0.2) is 4.79 Å². The van der Waals surface area contributed by atoms with Crippen molar-refractivity contribution in [3.8, 4) is 11.4 Å². The number of nitrogens with one attached hydrogen (secondary N) is 1. The fraction of sp³-hybridized carbons (Fsp3) is 0.0588. The molecule has 0 atom stereocenters. The molecule has 0 bridgehead atoms. The van der Waals surface area contributed by atoms with E-state index in [-0.39, 0.29) is 11.7 Å². The number of anilines is 2. The second kappa shape index (κ2) is 7.34. The summed E-state index contributed by atoms with van der Waals surface area (Å²) in [4.78, 5) is 23.6. The molecule has 3 rings (SSSR count). The number of rotatable bonds is 4. The summed E-state index contributed by atoms with van der Waals surface area (Å²) in [7, 11) is 1.29. The predicted octanol–water partition coefficient (Wildman–Crippen LogP) is 1.55. The van der Waals surface area contributed by atoms with E-state index in [1.807, 2.05) is 0 Å². The highest BCUT2D eigenvalue weighted by Crippen LogP contribution is 2.15. The maximum Gasteiger partial charge on any atom is 0.337 e. The van der Waals surface area contributed by atoms with E-state index in [1.54, 1.807) is 24.3 Å². The Balaban J connectivity index is 1.69. The quantitative estimate of drug-likeness (QED) is 0.677. The zero-order valence-electron chi connectivity index (χ0n) is 13.7. The number of hydrogen-bond donors (Lipinski definition) is 2. The molecule has 0 radical (unpaired) electrons. The SMILES string of the molecule is COC(=O)c1ccc(C(=O)Nc2ccc(-c3ccc(N)nn3)nn2)cc1. The number of ether oxygens (including phenoxy) is 1. The Morgan fingerprint density at radius 2 is 1.46 bits per heavy atom. The molecule has 3 aromatic rings. The van der Waals surface area contributed by atoms with Crippen LogP contribution < -0.4 is 11.1 Å². The van der Waals surface area contributed by atoms with Gasteiger partial charge in [0.15, 0.2) is 5.82 Å². The van der Waals surface area contributed by atoms with Crippen molar-refractivity contribution >= 4 is 23.5 Å². The second-order valence-electron chi connectivity index (χ2n) is 5.17. The van der Waals surface area contributed by atoms with Crippen LogP contribution in [-0.2, 0) is 4.74 Å². The monoisotopic (exact) mass is 350 g/mol. The van der Waals surface area contributed by atoms with Gasteiger partial charge in [0, 0.05) is 5.56 Å². The third kappa shape index (κ3) is 3.78. The molecule has 2 aromatic heterocycles. The first kappa shape index (κ1) is 17.0. The van der Waals surface area contributed by atoms with Crippen molar-refractivity contribution in [2.24, 2.45) is 0 Å². The van der Waals surface area contributed by atoms with Gasteiger partial charge in [-0.1, -0.05) is 0 Å². The molecule has 1 aromatic carbocycles. The van der Waals surface area contributed by atoms with Crippen molar-refractivity contribution in [1.29, 1.82) is 0 Å². The van der Waals surface area contributed by atoms with Crippen LogP contribution in [0.3, 0.4) is 0 Å². The zero-order valence-corrected chi connectivity index (χ0v) is 13.7. The number of nitrogens with two attached hydrogens (primary N) is 1. The Labute approximate surface area is 148 Å². The van der Waals surface area contributed by atoms with Gasteiger partial charge in [-0.3, -0.25) is 4.79 Å². The minimum atomic E-state index is -0.468. The van der Waals surface area contributed by atoms with E-state index in [9.17, 15) is 9.59 Å². The lowest BCUT2D eigenvalue weighted by Crippen LogP contribution is -2.14. The maximum absolute atomic E-state index is 12.2. The summed E-state index contributed by atoms with van der Waals surface area (Å²) in [6, 6.07) is 12.6. The highest BCUT2D eigenvalue weighted by Gasteiger charge is 2.10. The summed E-state index contributed by atoms with van der Waals surface area (Å²) in [6.07, 6.45) is 0. The average Bonchev–Trinajstić information content (AvgIpc) is 2.69. The van der Waals surface area contributed by atoms with Crippen molar-refractivity contribution in [1.82, 2.24) is 20.4 Å². The molecule has 0 saturated carbocycles. The maximum atomic E-state index is 12.2. The Morgan fingerprint density at radius 3 is 2.00 bits per heavy atom. The molecule has 2 heterocycles. The lowest BCUT2D eigenvalue weighted by Gasteiger charge is -2.05. The van der Waals surface area contributed by atoms with Crippen LogP contribution in [0.1, 0.15) is 20.7 Å². The van der Waals surface area contributed by atoms with Gasteiger partial charge in [-0.2, -0.15) is 0 Å². The van der Waals surface area contributed by atoms with Crippen molar-refractivity contribution in [2.75, 3.05) is 18.2 Å². The van der Waals surface area contributed by atoms with E-state index >= 15 is 0 Å². The van der Waals surface area contributed by atoms with Gasteiger partial charge >= 0.3 is 5.97 Å². The highest BCUT2D eigenvalue weighted by atomic mass is 16.5. The Hall–Kier alpha value is -3.88. The summed E-state index contributed by atoms with van der Waals surface area (Å²) in [5.74, 6) is -0.261. The van der Waals surface area contributed by atoms with E-state index in [0.29, 0.717) is 28.3 Å². The van der Waals surface area contributed by atoms with Gasteiger partial charge in [-0.05, 0) is 48.5 Å². The first-order valence-electron chi connectivity index (χ1n) is 7.50. The smallest absolute Gasteiger partial charge is 0.337 e. The molecule has 0 unspecified atom stereocenters. The number of carbonyl (C=O) groups is 2. The Morgan fingerprint density at radius 1 is 0.846 bits per heavy atom. The highest BCUT2D eigenvalue weighted by molar-refractivity contribution is 6.04. The minimum absolute atomic E-state index is 0.277. The Bertz CT molecular complexity index is 924. The normalized spacial score (nSPS) is 10.2. The van der Waals surface area contributed by atoms with Crippen LogP contribution in [0, 0.1) is 0 Å². The number of benzene rings is 1. The van der Waals surface area contributed by atoms with E-state index in [1.165, 1.54) is 31.4 Å². The number of carbonyl (C=O) groups excluding carboxylic acids is 2. The summed E-state index contributed by atoms with van der Waals surface area (Å²) < 4.78 is 4.61. The first-order valence-corrected chi connectivity index (χ1v) is 7.50. The van der Waals surface area contributed by atoms with Gasteiger partial charge in [0.2, 0.25) is 0 Å². The number of methoxy groups -OCH3 is 1. The summed E-state index contributed by atoms with van der Waals surface area (Å²) >= 11 is 0. The number of nitrogens with zero attached hydrogens (tertiary/aromatic N) is 4. The summed E-state index contributed by atoms with van der Waals surface area (Å²) in [5, 5.41) is 18.2. The fourth-order valence-corrected chi connectivity index (χ4v) is 2.08. The molecule has 9 heteroatoms. The second-order valence-corrected chi connectivity index (χ2v) is 5.17. The van der Waals surface area contributed by atoms with Crippen LogP contribution in [0.25, 0.3) is 11.4 Å². The van der Waals surface area contributed by atoms with E-state index in [2.05, 4.69) is 30.4 Å². The van der Waals surface area contributed by atoms with Gasteiger partial charge in [0.1, 0.15) is 17.2 Å². The van der Waals surface area contributed by atoms with Crippen LogP contribution in [0.2, 0.25) is 0 Å². The molecule has 9 nitrogen and oxygen atoms in total. The predicted molar refractivity (Wildman–Crippen MR) is 93.2 cm³/mol. The molecule has 0 aliphatic heterocycles. The third-order valence-corrected chi connectivity index (χ3v) is 3.42. The Kier molecular flexibility index (Phi) is 4.79. The molecule has 0 spiro atoms. The standard InChI is InChI=1S/C17H14N6O3/c1-26-17(25)11-4-2-10(3-5-11)16(24)19-15-9-7-13(21-23-15)12-6-8-14(18)22-20-12/h2-9H,1H3,(H2,18,22)(H,19,23,24). The van der Waals surface area contributed by atoms with Crippen molar-refractivity contribution in [3.63, 3.8) is 0 Å². The van der Waals surface area contributed by atoms with Crippen LogP contribution in [0.15, 0.2) is 48.5 Å². The molecule has 0 aliphatic carbocycles. The lowest BCUT2D eigenvalue weighted by atomic mass is 10.1. The van der Waals surface area contributed by atoms with Crippen LogP contribution in [0.4, 0.5) is 11.6 Å². The average molecular weight is 350 g/mol. The fourth-order valence-electron chi connectivity index (χ4n) is 2.08. The summed E-state index contributed by atoms with van der Waals surface area (Å²) in [5.41, 5.74) is 7.23. The van der Waals surface area contributed by atoms with E-state index in [4.69, 9.17) is 5.73 Å². The third-order valence-electron chi connectivity index (χ3n) is 3.42. The molecule has 26 heavy (non-hydrogen) atoms. The van der Waals surface area contributed by atoms with Crippen molar-refractivity contribution < 1.29 is 14.3 Å². The zero-order chi connectivity index (χ0) is 18.5. The molecular formula is C17H14N6O3. The van der Waals surface area contributed by atoms with Gasteiger partial charge < -0.3 is 15.8 Å². The minimum Gasteiger partial charge on any atom is -0.465 e. The van der Waals surface area contributed by atoms with Crippen LogP contribution >= 0.6 is 0 Å². The van der Waals surface area contributed by atoms with Crippen molar-refractivity contribution in [3.05, 3.63) is 59.7 Å². The molecule has 130 valence electrons. The van der Waals surface area contributed by atoms with Crippen molar-refractivity contribution in [2.45, 2.75) is 0 Å². The van der Waals surface area contributed by atoms with E-state index < -0.39 is 5.97 Å².